The Morgan fingerprint density at radius 1 is 1.16 bits per heavy atom. The van der Waals surface area contributed by atoms with Gasteiger partial charge in [0.05, 0.1) is 18.8 Å². The summed E-state index contributed by atoms with van der Waals surface area (Å²) in [6, 6.07) is 4.11. The standard InChI is InChI=1S/C21H30N2O7S/c1-28-18-9-8-16(13-19(18)31(26,27)23-10-4-2-3-5-11-23)21(25)30-15-20(24)22-14-17-7-6-12-29-17/h8-9,13,17H,2-7,10-12,14-15H2,1H3,(H,22,24). The smallest absolute Gasteiger partial charge is 0.338 e. The molecule has 9 nitrogen and oxygen atoms in total. The van der Waals surface area contributed by atoms with Crippen molar-refractivity contribution in [2.45, 2.75) is 49.5 Å². The Kier molecular flexibility index (Phi) is 8.28. The molecule has 2 saturated heterocycles. The second-order valence-corrected chi connectivity index (χ2v) is 9.61. The SMILES string of the molecule is COc1ccc(C(=O)OCC(=O)NCC2CCCO2)cc1S(=O)(=O)N1CCCCCC1. The van der Waals surface area contributed by atoms with Crippen LogP contribution in [0, 0.1) is 0 Å². The number of sulfonamides is 1. The van der Waals surface area contributed by atoms with E-state index in [1.54, 1.807) is 0 Å². The van der Waals surface area contributed by atoms with E-state index in [1.807, 2.05) is 0 Å². The van der Waals surface area contributed by atoms with Gasteiger partial charge in [-0.2, -0.15) is 4.31 Å². The molecule has 0 saturated carbocycles. The van der Waals surface area contributed by atoms with Crippen molar-refractivity contribution in [2.75, 3.05) is 40.0 Å². The predicted octanol–water partition coefficient (Wildman–Crippen LogP) is 1.71. The third kappa shape index (κ3) is 6.18. The number of hydrogen-bond acceptors (Lipinski definition) is 7. The Morgan fingerprint density at radius 2 is 1.90 bits per heavy atom. The first kappa shape index (κ1) is 23.5. The van der Waals surface area contributed by atoms with E-state index in [4.69, 9.17) is 14.2 Å². The molecular weight excluding hydrogens is 424 g/mol. The molecule has 2 aliphatic rings. The summed E-state index contributed by atoms with van der Waals surface area (Å²) in [5.41, 5.74) is 0.0427. The number of carbonyl (C=O) groups is 2. The van der Waals surface area contributed by atoms with Gasteiger partial charge in [-0.05, 0) is 43.9 Å². The van der Waals surface area contributed by atoms with E-state index in [0.29, 0.717) is 26.2 Å². The van der Waals surface area contributed by atoms with E-state index in [-0.39, 0.29) is 22.3 Å². The molecule has 1 amide bonds. The van der Waals surface area contributed by atoms with Gasteiger partial charge in [-0.1, -0.05) is 12.8 Å². The summed E-state index contributed by atoms with van der Waals surface area (Å²) in [5, 5.41) is 2.67. The quantitative estimate of drug-likeness (QED) is 0.595. The second kappa shape index (κ2) is 10.9. The lowest BCUT2D eigenvalue weighted by Crippen LogP contribution is -2.35. The minimum absolute atomic E-state index is 0.00649. The summed E-state index contributed by atoms with van der Waals surface area (Å²) in [6.07, 6.45) is 5.42. The Balaban J connectivity index is 1.65. The van der Waals surface area contributed by atoms with Crippen LogP contribution in [-0.2, 0) is 24.3 Å². The summed E-state index contributed by atoms with van der Waals surface area (Å²) < 4.78 is 43.5. The highest BCUT2D eigenvalue weighted by atomic mass is 32.2. The Bertz CT molecular complexity index is 874. The number of nitrogens with one attached hydrogen (secondary N) is 1. The molecule has 1 unspecified atom stereocenters. The molecule has 2 fully saturated rings. The van der Waals surface area contributed by atoms with Crippen LogP contribution in [0.15, 0.2) is 23.1 Å². The second-order valence-electron chi connectivity index (χ2n) is 7.70. The fraction of sp³-hybridized carbons (Fsp3) is 0.619. The number of ether oxygens (including phenoxy) is 3. The van der Waals surface area contributed by atoms with Crippen molar-refractivity contribution in [3.8, 4) is 5.75 Å². The number of esters is 1. The fourth-order valence-corrected chi connectivity index (χ4v) is 5.42. The highest BCUT2D eigenvalue weighted by Gasteiger charge is 2.29. The van der Waals surface area contributed by atoms with Crippen LogP contribution in [0.5, 0.6) is 5.75 Å². The number of amides is 1. The minimum atomic E-state index is -3.83. The highest BCUT2D eigenvalue weighted by molar-refractivity contribution is 7.89. The molecule has 1 aromatic carbocycles. The van der Waals surface area contributed by atoms with Gasteiger partial charge in [-0.15, -0.1) is 0 Å². The molecule has 1 atom stereocenters. The van der Waals surface area contributed by atoms with Crippen LogP contribution >= 0.6 is 0 Å². The fourth-order valence-electron chi connectivity index (χ4n) is 3.72. The maximum absolute atomic E-state index is 13.2. The van der Waals surface area contributed by atoms with E-state index >= 15 is 0 Å². The molecule has 2 heterocycles. The molecule has 3 rings (SSSR count). The average molecular weight is 455 g/mol. The summed E-state index contributed by atoms with van der Waals surface area (Å²) in [6.45, 7) is 1.48. The molecular formula is C21H30N2O7S. The lowest BCUT2D eigenvalue weighted by atomic mass is 10.2. The molecule has 0 aliphatic carbocycles. The van der Waals surface area contributed by atoms with Crippen molar-refractivity contribution in [1.29, 1.82) is 0 Å². The number of hydrogen-bond donors (Lipinski definition) is 1. The van der Waals surface area contributed by atoms with Crippen LogP contribution in [-0.4, -0.2) is 70.7 Å². The van der Waals surface area contributed by atoms with Crippen molar-refractivity contribution >= 4 is 21.9 Å². The molecule has 0 bridgehead atoms. The van der Waals surface area contributed by atoms with Gasteiger partial charge in [0.15, 0.2) is 6.61 Å². The Hall–Kier alpha value is -2.17. The van der Waals surface area contributed by atoms with Crippen LogP contribution in [0.2, 0.25) is 0 Å². The summed E-state index contributed by atoms with van der Waals surface area (Å²) in [7, 11) is -2.44. The van der Waals surface area contributed by atoms with Gasteiger partial charge in [-0.3, -0.25) is 4.79 Å². The molecule has 0 aromatic heterocycles. The van der Waals surface area contributed by atoms with Crippen molar-refractivity contribution in [3.63, 3.8) is 0 Å². The van der Waals surface area contributed by atoms with Crippen molar-refractivity contribution in [3.05, 3.63) is 23.8 Å². The van der Waals surface area contributed by atoms with Gasteiger partial charge in [0.25, 0.3) is 5.91 Å². The molecule has 0 radical (unpaired) electrons. The lowest BCUT2D eigenvalue weighted by Gasteiger charge is -2.21. The van der Waals surface area contributed by atoms with Crippen molar-refractivity contribution < 1.29 is 32.2 Å². The molecule has 2 aliphatic heterocycles. The first-order valence-electron chi connectivity index (χ1n) is 10.7. The first-order chi connectivity index (χ1) is 14.9. The first-order valence-corrected chi connectivity index (χ1v) is 12.1. The van der Waals surface area contributed by atoms with Crippen LogP contribution in [0.1, 0.15) is 48.9 Å². The number of nitrogens with zero attached hydrogens (tertiary/aromatic N) is 1. The topological polar surface area (TPSA) is 111 Å². The highest BCUT2D eigenvalue weighted by Crippen LogP contribution is 2.29. The number of carbonyl (C=O) groups excluding carboxylic acids is 2. The Morgan fingerprint density at radius 3 is 2.55 bits per heavy atom. The zero-order valence-electron chi connectivity index (χ0n) is 17.8. The maximum atomic E-state index is 13.2. The van der Waals surface area contributed by atoms with E-state index in [2.05, 4.69) is 5.32 Å². The number of benzene rings is 1. The van der Waals surface area contributed by atoms with Gasteiger partial charge < -0.3 is 19.5 Å². The van der Waals surface area contributed by atoms with Crippen molar-refractivity contribution in [1.82, 2.24) is 9.62 Å². The monoisotopic (exact) mass is 454 g/mol. The predicted molar refractivity (Wildman–Crippen MR) is 112 cm³/mol. The molecule has 172 valence electrons. The molecule has 31 heavy (non-hydrogen) atoms. The van der Waals surface area contributed by atoms with Crippen LogP contribution in [0.3, 0.4) is 0 Å². The summed E-state index contributed by atoms with van der Waals surface area (Å²) in [4.78, 5) is 24.3. The average Bonchev–Trinajstić information content (AvgIpc) is 3.14. The van der Waals surface area contributed by atoms with Gasteiger partial charge >= 0.3 is 5.97 Å². The van der Waals surface area contributed by atoms with Gasteiger partial charge in [0.2, 0.25) is 10.0 Å². The molecule has 1 aromatic rings. The minimum Gasteiger partial charge on any atom is -0.495 e. The normalized spacial score (nSPS) is 20.1. The van der Waals surface area contributed by atoms with E-state index in [0.717, 1.165) is 38.5 Å². The molecule has 0 spiro atoms. The number of rotatable bonds is 8. The largest absolute Gasteiger partial charge is 0.495 e. The molecule has 1 N–H and O–H groups in total. The van der Waals surface area contributed by atoms with E-state index in [1.165, 1.54) is 29.6 Å². The lowest BCUT2D eigenvalue weighted by molar-refractivity contribution is -0.124. The van der Waals surface area contributed by atoms with Gasteiger partial charge in [0, 0.05) is 26.2 Å². The Labute approximate surface area is 183 Å². The third-order valence-electron chi connectivity index (χ3n) is 5.47. The van der Waals surface area contributed by atoms with Crippen LogP contribution in [0.4, 0.5) is 0 Å². The van der Waals surface area contributed by atoms with Gasteiger partial charge in [-0.25, -0.2) is 13.2 Å². The zero-order valence-corrected chi connectivity index (χ0v) is 18.6. The summed E-state index contributed by atoms with van der Waals surface area (Å²) >= 11 is 0. The third-order valence-corrected chi connectivity index (χ3v) is 7.39. The van der Waals surface area contributed by atoms with Crippen LogP contribution in [0.25, 0.3) is 0 Å². The maximum Gasteiger partial charge on any atom is 0.338 e. The summed E-state index contributed by atoms with van der Waals surface area (Å²) in [5.74, 6) is -1.05. The van der Waals surface area contributed by atoms with Crippen molar-refractivity contribution in [2.24, 2.45) is 0 Å². The van der Waals surface area contributed by atoms with Gasteiger partial charge in [0.1, 0.15) is 10.6 Å². The van der Waals surface area contributed by atoms with Crippen LogP contribution < -0.4 is 10.1 Å². The number of methoxy groups -OCH3 is 1. The van der Waals surface area contributed by atoms with E-state index < -0.39 is 28.5 Å². The molecule has 10 heteroatoms. The van der Waals surface area contributed by atoms with E-state index in [9.17, 15) is 18.0 Å². The zero-order chi connectivity index (χ0) is 22.3.